The van der Waals surface area contributed by atoms with E-state index >= 15 is 0 Å². The molecule has 7 nitrogen and oxygen atoms in total. The Morgan fingerprint density at radius 3 is 2.22 bits per heavy atom. The van der Waals surface area contributed by atoms with E-state index in [9.17, 15) is 13.2 Å². The molecule has 36 heavy (non-hydrogen) atoms. The standard InChI is InChI=1S/C28H37NO6S/c1-4-34-26-17-22-15-16-29(25(19-28(30)33-3)24(22)18-27(26)35-5-2)36(31,32)23-13-11-21(12-14-23)20-9-7-6-8-10-20/h11-14,17-18,20,25H,4-10,15-16,19H2,1-3H3/t25-/m1/s1. The first-order valence-corrected chi connectivity index (χ1v) is 14.4. The van der Waals surface area contributed by atoms with Gasteiger partial charge in [-0.25, -0.2) is 8.42 Å². The molecule has 0 amide bonds. The van der Waals surface area contributed by atoms with Gasteiger partial charge >= 0.3 is 5.97 Å². The molecule has 1 fully saturated rings. The minimum Gasteiger partial charge on any atom is -0.490 e. The lowest BCUT2D eigenvalue weighted by Crippen LogP contribution is -2.41. The number of benzene rings is 2. The number of nitrogens with zero attached hydrogens (tertiary/aromatic N) is 1. The fourth-order valence-corrected chi connectivity index (χ4v) is 7.05. The first-order valence-electron chi connectivity index (χ1n) is 13.0. The fourth-order valence-electron chi connectivity index (χ4n) is 5.45. The van der Waals surface area contributed by atoms with Crippen LogP contribution >= 0.6 is 0 Å². The smallest absolute Gasteiger partial charge is 0.307 e. The van der Waals surface area contributed by atoms with Gasteiger partial charge in [-0.3, -0.25) is 4.79 Å². The first-order chi connectivity index (χ1) is 17.4. The number of carbonyl (C=O) groups excluding carboxylic acids is 1. The molecule has 1 heterocycles. The van der Waals surface area contributed by atoms with Gasteiger partial charge in [-0.05, 0) is 80.0 Å². The Morgan fingerprint density at radius 1 is 0.972 bits per heavy atom. The molecule has 196 valence electrons. The second-order valence-electron chi connectivity index (χ2n) is 9.43. The topological polar surface area (TPSA) is 82.1 Å². The van der Waals surface area contributed by atoms with Crippen molar-refractivity contribution in [1.29, 1.82) is 0 Å². The summed E-state index contributed by atoms with van der Waals surface area (Å²) in [6, 6.07) is 10.4. The molecule has 2 aromatic rings. The van der Waals surface area contributed by atoms with Gasteiger partial charge in [0.2, 0.25) is 10.0 Å². The molecule has 1 aliphatic carbocycles. The molecule has 0 saturated heterocycles. The fraction of sp³-hybridized carbons (Fsp3) is 0.536. The van der Waals surface area contributed by atoms with Crippen LogP contribution in [0.1, 0.15) is 81.0 Å². The maximum Gasteiger partial charge on any atom is 0.307 e. The lowest BCUT2D eigenvalue weighted by Gasteiger charge is -2.36. The summed E-state index contributed by atoms with van der Waals surface area (Å²) in [7, 11) is -2.53. The Kier molecular flexibility index (Phi) is 8.57. The van der Waals surface area contributed by atoms with E-state index < -0.39 is 22.0 Å². The summed E-state index contributed by atoms with van der Waals surface area (Å²) in [5.41, 5.74) is 2.91. The highest BCUT2D eigenvalue weighted by Gasteiger charge is 2.38. The molecular formula is C28H37NO6S. The van der Waals surface area contributed by atoms with Crippen LogP contribution in [0.15, 0.2) is 41.3 Å². The summed E-state index contributed by atoms with van der Waals surface area (Å²) in [4.78, 5) is 12.6. The maximum absolute atomic E-state index is 13.9. The summed E-state index contributed by atoms with van der Waals surface area (Å²) in [6.07, 6.45) is 6.47. The number of esters is 1. The van der Waals surface area contributed by atoms with Crippen LogP contribution in [0.4, 0.5) is 0 Å². The van der Waals surface area contributed by atoms with Gasteiger partial charge in [0.1, 0.15) is 0 Å². The third kappa shape index (κ3) is 5.54. The summed E-state index contributed by atoms with van der Waals surface area (Å²) < 4.78 is 45.7. The molecule has 0 aromatic heterocycles. The molecule has 1 saturated carbocycles. The molecule has 1 atom stereocenters. The van der Waals surface area contributed by atoms with Crippen molar-refractivity contribution in [2.45, 2.75) is 75.6 Å². The third-order valence-corrected chi connectivity index (χ3v) is 9.19. The predicted molar refractivity (Wildman–Crippen MR) is 138 cm³/mol. The van der Waals surface area contributed by atoms with Gasteiger partial charge in [0.05, 0.1) is 37.7 Å². The van der Waals surface area contributed by atoms with Gasteiger partial charge in [0.15, 0.2) is 11.5 Å². The van der Waals surface area contributed by atoms with Crippen molar-refractivity contribution in [2.75, 3.05) is 26.9 Å². The number of ether oxygens (including phenoxy) is 3. The van der Waals surface area contributed by atoms with Crippen LogP contribution < -0.4 is 9.47 Å². The number of hydrogen-bond acceptors (Lipinski definition) is 6. The number of hydrogen-bond donors (Lipinski definition) is 0. The highest BCUT2D eigenvalue weighted by molar-refractivity contribution is 7.89. The zero-order valence-corrected chi connectivity index (χ0v) is 22.3. The lowest BCUT2D eigenvalue weighted by molar-refractivity contribution is -0.141. The number of fused-ring (bicyclic) bond motifs is 1. The highest BCUT2D eigenvalue weighted by atomic mass is 32.2. The minimum absolute atomic E-state index is 0.0809. The largest absolute Gasteiger partial charge is 0.490 e. The summed E-state index contributed by atoms with van der Waals surface area (Å²) in [5.74, 6) is 1.21. The van der Waals surface area contributed by atoms with Crippen molar-refractivity contribution >= 4 is 16.0 Å². The van der Waals surface area contributed by atoms with Crippen molar-refractivity contribution in [2.24, 2.45) is 0 Å². The van der Waals surface area contributed by atoms with E-state index in [1.54, 1.807) is 12.1 Å². The van der Waals surface area contributed by atoms with E-state index in [-0.39, 0.29) is 17.9 Å². The lowest BCUT2D eigenvalue weighted by atomic mass is 9.84. The zero-order valence-electron chi connectivity index (χ0n) is 21.5. The molecule has 0 spiro atoms. The Morgan fingerprint density at radius 2 is 1.61 bits per heavy atom. The van der Waals surface area contributed by atoms with Crippen LogP contribution in [0.25, 0.3) is 0 Å². The SMILES string of the molecule is CCOc1cc2c(cc1OCC)[C@@H](CC(=O)OC)N(S(=O)(=O)c1ccc(C3CCCCC3)cc1)CC2. The van der Waals surface area contributed by atoms with Gasteiger partial charge in [0, 0.05) is 6.54 Å². The quantitative estimate of drug-likeness (QED) is 0.417. The molecule has 2 aliphatic rings. The van der Waals surface area contributed by atoms with Gasteiger partial charge in [0.25, 0.3) is 0 Å². The molecule has 0 unspecified atom stereocenters. The van der Waals surface area contributed by atoms with E-state index in [1.165, 1.54) is 36.2 Å². The van der Waals surface area contributed by atoms with E-state index in [4.69, 9.17) is 14.2 Å². The molecule has 8 heteroatoms. The molecule has 0 radical (unpaired) electrons. The van der Waals surface area contributed by atoms with Crippen LogP contribution in [0, 0.1) is 0 Å². The molecule has 1 aliphatic heterocycles. The normalized spacial score (nSPS) is 18.9. The molecule has 4 rings (SSSR count). The second kappa shape index (κ2) is 11.6. The molecule has 0 N–H and O–H groups in total. The number of methoxy groups -OCH3 is 1. The Labute approximate surface area is 214 Å². The minimum atomic E-state index is -3.85. The van der Waals surface area contributed by atoms with Crippen LogP contribution in [-0.2, 0) is 26.0 Å². The Balaban J connectivity index is 1.69. The van der Waals surface area contributed by atoms with Crippen LogP contribution in [0.3, 0.4) is 0 Å². The van der Waals surface area contributed by atoms with E-state index in [2.05, 4.69) is 0 Å². The summed E-state index contributed by atoms with van der Waals surface area (Å²) >= 11 is 0. The first kappa shape index (κ1) is 26.5. The second-order valence-corrected chi connectivity index (χ2v) is 11.3. The van der Waals surface area contributed by atoms with Crippen molar-refractivity contribution in [3.63, 3.8) is 0 Å². The van der Waals surface area contributed by atoms with Crippen LogP contribution in [0.5, 0.6) is 11.5 Å². The van der Waals surface area contributed by atoms with Gasteiger partial charge in [-0.2, -0.15) is 4.31 Å². The van der Waals surface area contributed by atoms with E-state index in [0.717, 1.165) is 24.0 Å². The molecule has 2 aromatic carbocycles. The third-order valence-electron chi connectivity index (χ3n) is 7.26. The summed E-state index contributed by atoms with van der Waals surface area (Å²) in [6.45, 7) is 4.98. The van der Waals surface area contributed by atoms with Crippen molar-refractivity contribution in [1.82, 2.24) is 4.31 Å². The number of carbonyl (C=O) groups is 1. The number of sulfonamides is 1. The molecular weight excluding hydrogens is 478 g/mol. The Hall–Kier alpha value is -2.58. The predicted octanol–water partition coefficient (Wildman–Crippen LogP) is 5.38. The van der Waals surface area contributed by atoms with Crippen LogP contribution in [0.2, 0.25) is 0 Å². The van der Waals surface area contributed by atoms with Gasteiger partial charge < -0.3 is 14.2 Å². The average molecular weight is 516 g/mol. The molecule has 0 bridgehead atoms. The van der Waals surface area contributed by atoms with Crippen molar-refractivity contribution in [3.8, 4) is 11.5 Å². The van der Waals surface area contributed by atoms with Gasteiger partial charge in [-0.1, -0.05) is 31.4 Å². The average Bonchev–Trinajstić information content (AvgIpc) is 2.90. The highest BCUT2D eigenvalue weighted by Crippen LogP contribution is 2.42. The van der Waals surface area contributed by atoms with Crippen molar-refractivity contribution in [3.05, 3.63) is 53.1 Å². The maximum atomic E-state index is 13.9. The van der Waals surface area contributed by atoms with Crippen LogP contribution in [-0.4, -0.2) is 45.6 Å². The van der Waals surface area contributed by atoms with Gasteiger partial charge in [-0.15, -0.1) is 0 Å². The Bertz CT molecular complexity index is 1160. The summed E-state index contributed by atoms with van der Waals surface area (Å²) in [5, 5.41) is 0. The monoisotopic (exact) mass is 515 g/mol. The van der Waals surface area contributed by atoms with E-state index in [0.29, 0.717) is 37.1 Å². The number of rotatable bonds is 9. The van der Waals surface area contributed by atoms with Crippen molar-refractivity contribution < 1.29 is 27.4 Å². The van der Waals surface area contributed by atoms with E-state index in [1.807, 2.05) is 38.1 Å². The zero-order chi connectivity index (χ0) is 25.7.